The quantitative estimate of drug-likeness (QED) is 0.336. The van der Waals surface area contributed by atoms with Crippen molar-refractivity contribution < 1.29 is 9.50 Å². The van der Waals surface area contributed by atoms with E-state index in [-0.39, 0.29) is 36.1 Å². The highest BCUT2D eigenvalue weighted by Crippen LogP contribution is 2.16. The summed E-state index contributed by atoms with van der Waals surface area (Å²) in [5, 5.41) is 18.5. The van der Waals surface area contributed by atoms with Crippen LogP contribution in [0, 0.1) is 5.82 Å². The van der Waals surface area contributed by atoms with Crippen molar-refractivity contribution in [2.75, 3.05) is 19.6 Å². The maximum atomic E-state index is 13.6. The molecule has 0 spiro atoms. The van der Waals surface area contributed by atoms with Crippen LogP contribution >= 0.6 is 35.3 Å². The van der Waals surface area contributed by atoms with E-state index in [4.69, 9.17) is 0 Å². The molecule has 0 aliphatic heterocycles. The number of guanidine groups is 1. The molecule has 0 amide bonds. The summed E-state index contributed by atoms with van der Waals surface area (Å²) < 4.78 is 13.6. The Bertz CT molecular complexity index is 622. The molecule has 2 aromatic rings. The lowest BCUT2D eigenvalue weighted by Crippen LogP contribution is -2.38. The lowest BCUT2D eigenvalue weighted by molar-refractivity contribution is 0.182. The number of aliphatic hydroxyl groups excluding tert-OH is 1. The second kappa shape index (κ2) is 11.4. The maximum Gasteiger partial charge on any atom is 0.191 e. The van der Waals surface area contributed by atoms with Crippen LogP contribution in [0.1, 0.15) is 23.5 Å². The zero-order valence-corrected chi connectivity index (χ0v) is 16.7. The first-order chi connectivity index (χ1) is 11.2. The zero-order valence-electron chi connectivity index (χ0n) is 13.5. The van der Waals surface area contributed by atoms with Crippen molar-refractivity contribution in [2.45, 2.75) is 19.4 Å². The molecule has 24 heavy (non-hydrogen) atoms. The second-order valence-corrected chi connectivity index (χ2v) is 6.05. The minimum Gasteiger partial charge on any atom is -0.386 e. The topological polar surface area (TPSA) is 56.7 Å². The summed E-state index contributed by atoms with van der Waals surface area (Å²) in [7, 11) is 0. The lowest BCUT2D eigenvalue weighted by atomic mass is 10.1. The first kappa shape index (κ1) is 20.9. The number of nitrogens with one attached hydrogen (secondary N) is 2. The monoisotopic (exact) mass is 463 g/mol. The van der Waals surface area contributed by atoms with E-state index in [0.717, 1.165) is 19.5 Å². The van der Waals surface area contributed by atoms with Crippen LogP contribution < -0.4 is 10.6 Å². The van der Waals surface area contributed by atoms with Crippen LogP contribution in [0.15, 0.2) is 46.8 Å². The van der Waals surface area contributed by atoms with Crippen molar-refractivity contribution in [1.82, 2.24) is 10.6 Å². The number of aliphatic hydroxyl groups is 1. The van der Waals surface area contributed by atoms with Crippen LogP contribution in [-0.2, 0) is 6.42 Å². The Morgan fingerprint density at radius 3 is 2.71 bits per heavy atom. The van der Waals surface area contributed by atoms with Gasteiger partial charge in [-0.3, -0.25) is 4.99 Å². The SMILES string of the molecule is CCNC(=NCC(O)c1ccccc1F)NCCc1cccs1.I. The molecule has 0 radical (unpaired) electrons. The van der Waals surface area contributed by atoms with Crippen LogP contribution in [0.3, 0.4) is 0 Å². The smallest absolute Gasteiger partial charge is 0.191 e. The highest BCUT2D eigenvalue weighted by Gasteiger charge is 2.11. The van der Waals surface area contributed by atoms with Crippen molar-refractivity contribution in [2.24, 2.45) is 4.99 Å². The molecule has 1 unspecified atom stereocenters. The Labute approximate surface area is 163 Å². The van der Waals surface area contributed by atoms with Gasteiger partial charge in [-0.1, -0.05) is 24.3 Å². The third kappa shape index (κ3) is 6.74. The molecule has 0 saturated heterocycles. The van der Waals surface area contributed by atoms with E-state index in [1.165, 1.54) is 10.9 Å². The number of hydrogen-bond donors (Lipinski definition) is 3. The number of benzene rings is 1. The van der Waals surface area contributed by atoms with Crippen molar-refractivity contribution >= 4 is 41.3 Å². The second-order valence-electron chi connectivity index (χ2n) is 5.01. The summed E-state index contributed by atoms with van der Waals surface area (Å²) in [6.45, 7) is 3.56. The van der Waals surface area contributed by atoms with Crippen molar-refractivity contribution in [3.05, 3.63) is 58.0 Å². The molecule has 0 aliphatic carbocycles. The summed E-state index contributed by atoms with van der Waals surface area (Å²) in [5.41, 5.74) is 0.269. The minimum atomic E-state index is -0.955. The van der Waals surface area contributed by atoms with Crippen molar-refractivity contribution in [3.8, 4) is 0 Å². The Morgan fingerprint density at radius 1 is 1.25 bits per heavy atom. The molecule has 0 aliphatic rings. The van der Waals surface area contributed by atoms with Gasteiger partial charge in [0.25, 0.3) is 0 Å². The van der Waals surface area contributed by atoms with Gasteiger partial charge in [-0.25, -0.2) is 4.39 Å². The molecule has 132 valence electrons. The summed E-state index contributed by atoms with van der Waals surface area (Å²) in [6.07, 6.45) is -0.0400. The van der Waals surface area contributed by atoms with Gasteiger partial charge in [0.1, 0.15) is 11.9 Å². The van der Waals surface area contributed by atoms with Gasteiger partial charge in [-0.05, 0) is 30.9 Å². The highest BCUT2D eigenvalue weighted by molar-refractivity contribution is 14.0. The molecule has 0 saturated carbocycles. The average molecular weight is 463 g/mol. The first-order valence-electron chi connectivity index (χ1n) is 7.67. The Balaban J connectivity index is 0.00000288. The third-order valence-corrected chi connectivity index (χ3v) is 4.21. The van der Waals surface area contributed by atoms with E-state index in [1.54, 1.807) is 29.5 Å². The van der Waals surface area contributed by atoms with Gasteiger partial charge in [0, 0.05) is 23.5 Å². The molecular formula is C17H23FIN3OS. The van der Waals surface area contributed by atoms with Crippen LogP contribution in [-0.4, -0.2) is 30.7 Å². The van der Waals surface area contributed by atoms with E-state index in [2.05, 4.69) is 27.1 Å². The summed E-state index contributed by atoms with van der Waals surface area (Å²) in [6, 6.07) is 10.3. The molecule has 7 heteroatoms. The predicted molar refractivity (Wildman–Crippen MR) is 109 cm³/mol. The van der Waals surface area contributed by atoms with Gasteiger partial charge < -0.3 is 15.7 Å². The number of aliphatic imine (C=N–C) groups is 1. The molecule has 0 bridgehead atoms. The molecule has 2 rings (SSSR count). The van der Waals surface area contributed by atoms with E-state index in [1.807, 2.05) is 13.0 Å². The van der Waals surface area contributed by atoms with Gasteiger partial charge in [0.05, 0.1) is 6.54 Å². The van der Waals surface area contributed by atoms with Gasteiger partial charge in [-0.2, -0.15) is 0 Å². The van der Waals surface area contributed by atoms with E-state index in [0.29, 0.717) is 5.96 Å². The number of hydrogen-bond acceptors (Lipinski definition) is 3. The highest BCUT2D eigenvalue weighted by atomic mass is 127. The van der Waals surface area contributed by atoms with Gasteiger partial charge in [0.15, 0.2) is 5.96 Å². The molecule has 4 nitrogen and oxygen atoms in total. The van der Waals surface area contributed by atoms with Crippen molar-refractivity contribution in [1.29, 1.82) is 0 Å². The van der Waals surface area contributed by atoms with Gasteiger partial charge in [-0.15, -0.1) is 35.3 Å². The van der Waals surface area contributed by atoms with Crippen LogP contribution in [0.2, 0.25) is 0 Å². The standard InChI is InChI=1S/C17H22FN3OS.HI/c1-2-19-17(20-10-9-13-6-5-11-23-13)21-12-16(22)14-7-3-4-8-15(14)18;/h3-8,11,16,22H,2,9-10,12H2,1H3,(H2,19,20,21);1H. The summed E-state index contributed by atoms with van der Waals surface area (Å²) >= 11 is 1.72. The third-order valence-electron chi connectivity index (χ3n) is 3.27. The van der Waals surface area contributed by atoms with Crippen LogP contribution in [0.4, 0.5) is 4.39 Å². The van der Waals surface area contributed by atoms with E-state index >= 15 is 0 Å². The Kier molecular flexibility index (Phi) is 9.89. The summed E-state index contributed by atoms with van der Waals surface area (Å²) in [5.74, 6) is 0.213. The summed E-state index contributed by atoms with van der Waals surface area (Å²) in [4.78, 5) is 5.64. The number of halogens is 2. The largest absolute Gasteiger partial charge is 0.386 e. The predicted octanol–water partition coefficient (Wildman–Crippen LogP) is 3.34. The molecular weight excluding hydrogens is 440 g/mol. The Hall–Kier alpha value is -1.19. The average Bonchev–Trinajstić information content (AvgIpc) is 3.06. The normalized spacial score (nSPS) is 12.4. The van der Waals surface area contributed by atoms with E-state index < -0.39 is 11.9 Å². The van der Waals surface area contributed by atoms with Crippen LogP contribution in [0.25, 0.3) is 0 Å². The zero-order chi connectivity index (χ0) is 16.5. The lowest BCUT2D eigenvalue weighted by Gasteiger charge is -2.13. The number of nitrogens with zero attached hydrogens (tertiary/aromatic N) is 1. The molecule has 0 fully saturated rings. The number of rotatable bonds is 7. The maximum absolute atomic E-state index is 13.6. The molecule has 1 heterocycles. The minimum absolute atomic E-state index is 0. The molecule has 1 aromatic carbocycles. The van der Waals surface area contributed by atoms with Gasteiger partial charge in [0.2, 0.25) is 0 Å². The number of thiophene rings is 1. The fourth-order valence-electron chi connectivity index (χ4n) is 2.12. The Morgan fingerprint density at radius 2 is 2.04 bits per heavy atom. The fraction of sp³-hybridized carbons (Fsp3) is 0.353. The molecule has 1 atom stereocenters. The van der Waals surface area contributed by atoms with Crippen LogP contribution in [0.5, 0.6) is 0 Å². The van der Waals surface area contributed by atoms with Gasteiger partial charge >= 0.3 is 0 Å². The fourth-order valence-corrected chi connectivity index (χ4v) is 2.83. The molecule has 3 N–H and O–H groups in total. The van der Waals surface area contributed by atoms with Crippen molar-refractivity contribution in [3.63, 3.8) is 0 Å². The van der Waals surface area contributed by atoms with E-state index in [9.17, 15) is 9.50 Å². The molecule has 1 aromatic heterocycles. The first-order valence-corrected chi connectivity index (χ1v) is 8.55.